The molecule has 0 fully saturated rings. The maximum Gasteiger partial charge on any atom is 0.291 e. The van der Waals surface area contributed by atoms with Crippen molar-refractivity contribution in [2.45, 2.75) is 20.3 Å². The molecule has 0 unspecified atom stereocenters. The van der Waals surface area contributed by atoms with Gasteiger partial charge < -0.3 is 19.8 Å². The van der Waals surface area contributed by atoms with Crippen LogP contribution in [0.25, 0.3) is 0 Å². The second kappa shape index (κ2) is 8.90. The van der Waals surface area contributed by atoms with Crippen LogP contribution in [0, 0.1) is 13.8 Å². The number of para-hydroxylation sites is 1. The third-order valence-electron chi connectivity index (χ3n) is 4.16. The molecule has 0 aliphatic carbocycles. The molecular weight excluding hydrogens is 356 g/mol. The number of nitrogens with one attached hydrogen (secondary N) is 2. The molecule has 0 atom stereocenters. The van der Waals surface area contributed by atoms with Gasteiger partial charge in [-0.3, -0.25) is 9.59 Å². The molecule has 0 aliphatic heterocycles. The number of benzene rings is 2. The number of ether oxygens (including phenoxy) is 1. The molecule has 3 aromatic rings. The lowest BCUT2D eigenvalue weighted by Crippen LogP contribution is -2.16. The second-order valence-corrected chi connectivity index (χ2v) is 6.38. The first kappa shape index (κ1) is 19.2. The molecule has 28 heavy (non-hydrogen) atoms. The van der Waals surface area contributed by atoms with Gasteiger partial charge in [-0.2, -0.15) is 0 Å². The first-order valence-electron chi connectivity index (χ1n) is 8.97. The summed E-state index contributed by atoms with van der Waals surface area (Å²) >= 11 is 0. The molecule has 0 aliphatic rings. The fourth-order valence-corrected chi connectivity index (χ4v) is 2.73. The highest BCUT2D eigenvalue weighted by molar-refractivity contribution is 6.02. The molecule has 6 heteroatoms. The van der Waals surface area contributed by atoms with Gasteiger partial charge in [-0.05, 0) is 61.4 Å². The monoisotopic (exact) mass is 378 g/mol. The Balaban J connectivity index is 1.47. The molecule has 0 bridgehead atoms. The van der Waals surface area contributed by atoms with Crippen LogP contribution in [0.4, 0.5) is 11.4 Å². The Bertz CT molecular complexity index is 927. The standard InChI is InChI=1S/C22H22N2O4/c1-15-5-3-6-16(2)21(15)28-14-12-20(25)23-17-8-10-18(11-9-17)24-22(26)19-7-4-13-27-19/h3-11,13H,12,14H2,1-2H3,(H,23,25)(H,24,26). The molecule has 0 saturated carbocycles. The van der Waals surface area contributed by atoms with Crippen molar-refractivity contribution in [3.63, 3.8) is 0 Å². The number of hydrogen-bond donors (Lipinski definition) is 2. The number of aryl methyl sites for hydroxylation is 2. The zero-order valence-corrected chi connectivity index (χ0v) is 15.8. The first-order chi connectivity index (χ1) is 13.5. The molecule has 3 rings (SSSR count). The summed E-state index contributed by atoms with van der Waals surface area (Å²) in [7, 11) is 0. The van der Waals surface area contributed by atoms with E-state index in [2.05, 4.69) is 10.6 Å². The number of anilines is 2. The van der Waals surface area contributed by atoms with Crippen molar-refractivity contribution in [2.75, 3.05) is 17.2 Å². The summed E-state index contributed by atoms with van der Waals surface area (Å²) in [6, 6.07) is 16.0. The van der Waals surface area contributed by atoms with Crippen LogP contribution in [0.2, 0.25) is 0 Å². The van der Waals surface area contributed by atoms with Crippen LogP contribution in [0.3, 0.4) is 0 Å². The number of carbonyl (C=O) groups is 2. The molecule has 6 nitrogen and oxygen atoms in total. The van der Waals surface area contributed by atoms with Gasteiger partial charge in [0, 0.05) is 11.4 Å². The van der Waals surface area contributed by atoms with Crippen LogP contribution in [-0.2, 0) is 4.79 Å². The normalized spacial score (nSPS) is 10.4. The van der Waals surface area contributed by atoms with Gasteiger partial charge in [-0.1, -0.05) is 18.2 Å². The Morgan fingerprint density at radius 3 is 2.14 bits per heavy atom. The summed E-state index contributed by atoms with van der Waals surface area (Å²) in [6.45, 7) is 4.26. The van der Waals surface area contributed by atoms with Gasteiger partial charge >= 0.3 is 0 Å². The van der Waals surface area contributed by atoms with Gasteiger partial charge in [0.25, 0.3) is 5.91 Å². The average Bonchev–Trinajstić information content (AvgIpc) is 3.21. The summed E-state index contributed by atoms with van der Waals surface area (Å²) in [5, 5.41) is 5.54. The zero-order chi connectivity index (χ0) is 19.9. The van der Waals surface area contributed by atoms with Crippen molar-refractivity contribution in [2.24, 2.45) is 0 Å². The highest BCUT2D eigenvalue weighted by Gasteiger charge is 2.09. The van der Waals surface area contributed by atoms with E-state index in [9.17, 15) is 9.59 Å². The van der Waals surface area contributed by atoms with E-state index in [1.54, 1.807) is 36.4 Å². The molecule has 2 aromatic carbocycles. The van der Waals surface area contributed by atoms with Crippen molar-refractivity contribution < 1.29 is 18.7 Å². The second-order valence-electron chi connectivity index (χ2n) is 6.38. The van der Waals surface area contributed by atoms with E-state index in [1.165, 1.54) is 6.26 Å². The van der Waals surface area contributed by atoms with E-state index >= 15 is 0 Å². The molecule has 0 saturated heterocycles. The number of amides is 2. The smallest absolute Gasteiger partial charge is 0.291 e. The lowest BCUT2D eigenvalue weighted by Gasteiger charge is -2.12. The number of rotatable bonds is 7. The molecule has 0 radical (unpaired) electrons. The van der Waals surface area contributed by atoms with Crippen molar-refractivity contribution in [1.29, 1.82) is 0 Å². The lowest BCUT2D eigenvalue weighted by molar-refractivity contribution is -0.116. The minimum Gasteiger partial charge on any atom is -0.493 e. The van der Waals surface area contributed by atoms with E-state index in [0.717, 1.165) is 16.9 Å². The van der Waals surface area contributed by atoms with E-state index in [-0.39, 0.29) is 24.0 Å². The average molecular weight is 378 g/mol. The minimum atomic E-state index is -0.328. The summed E-state index contributed by atoms with van der Waals surface area (Å²) in [5.41, 5.74) is 3.35. The summed E-state index contributed by atoms with van der Waals surface area (Å²) in [4.78, 5) is 24.0. The van der Waals surface area contributed by atoms with Gasteiger partial charge in [0.15, 0.2) is 5.76 Å². The minimum absolute atomic E-state index is 0.140. The van der Waals surface area contributed by atoms with Crippen LogP contribution < -0.4 is 15.4 Å². The third kappa shape index (κ3) is 5.01. The number of hydrogen-bond acceptors (Lipinski definition) is 4. The predicted molar refractivity (Wildman–Crippen MR) is 108 cm³/mol. The first-order valence-corrected chi connectivity index (χ1v) is 8.97. The Morgan fingerprint density at radius 1 is 0.893 bits per heavy atom. The molecule has 1 heterocycles. The Hall–Kier alpha value is -3.54. The molecule has 0 spiro atoms. The fourth-order valence-electron chi connectivity index (χ4n) is 2.73. The molecule has 2 amide bonds. The van der Waals surface area contributed by atoms with Crippen molar-refractivity contribution in [3.05, 3.63) is 77.7 Å². The van der Waals surface area contributed by atoms with E-state index < -0.39 is 0 Å². The van der Waals surface area contributed by atoms with Crippen LogP contribution in [0.15, 0.2) is 65.3 Å². The SMILES string of the molecule is Cc1cccc(C)c1OCCC(=O)Nc1ccc(NC(=O)c2ccco2)cc1. The van der Waals surface area contributed by atoms with Crippen LogP contribution in [-0.4, -0.2) is 18.4 Å². The quantitative estimate of drug-likeness (QED) is 0.632. The Labute approximate surface area is 163 Å². The van der Waals surface area contributed by atoms with Crippen molar-refractivity contribution >= 4 is 23.2 Å². The molecular formula is C22H22N2O4. The summed E-state index contributed by atoms with van der Waals surface area (Å²) < 4.78 is 10.8. The number of furan rings is 1. The summed E-state index contributed by atoms with van der Waals surface area (Å²) in [6.07, 6.45) is 1.68. The Kier molecular flexibility index (Phi) is 6.11. The highest BCUT2D eigenvalue weighted by Crippen LogP contribution is 2.22. The van der Waals surface area contributed by atoms with Gasteiger partial charge in [0.1, 0.15) is 5.75 Å². The van der Waals surface area contributed by atoms with E-state index in [4.69, 9.17) is 9.15 Å². The maximum absolute atomic E-state index is 12.1. The van der Waals surface area contributed by atoms with E-state index in [1.807, 2.05) is 32.0 Å². The zero-order valence-electron chi connectivity index (χ0n) is 15.8. The van der Waals surface area contributed by atoms with Gasteiger partial charge in [0.05, 0.1) is 19.3 Å². The number of carbonyl (C=O) groups excluding carboxylic acids is 2. The molecule has 144 valence electrons. The molecule has 1 aromatic heterocycles. The summed E-state index contributed by atoms with van der Waals surface area (Å²) in [5.74, 6) is 0.595. The third-order valence-corrected chi connectivity index (χ3v) is 4.16. The van der Waals surface area contributed by atoms with Crippen LogP contribution in [0.5, 0.6) is 5.75 Å². The maximum atomic E-state index is 12.1. The fraction of sp³-hybridized carbons (Fsp3) is 0.182. The Morgan fingerprint density at radius 2 is 1.54 bits per heavy atom. The largest absolute Gasteiger partial charge is 0.493 e. The van der Waals surface area contributed by atoms with Gasteiger partial charge in [-0.25, -0.2) is 0 Å². The van der Waals surface area contributed by atoms with Crippen molar-refractivity contribution in [1.82, 2.24) is 0 Å². The topological polar surface area (TPSA) is 80.6 Å². The van der Waals surface area contributed by atoms with E-state index in [0.29, 0.717) is 18.0 Å². The highest BCUT2D eigenvalue weighted by atomic mass is 16.5. The lowest BCUT2D eigenvalue weighted by atomic mass is 10.1. The van der Waals surface area contributed by atoms with Crippen molar-refractivity contribution in [3.8, 4) is 5.75 Å². The van der Waals surface area contributed by atoms with Gasteiger partial charge in [-0.15, -0.1) is 0 Å². The van der Waals surface area contributed by atoms with Gasteiger partial charge in [0.2, 0.25) is 5.91 Å². The van der Waals surface area contributed by atoms with Crippen LogP contribution >= 0.6 is 0 Å². The molecule has 2 N–H and O–H groups in total. The predicted octanol–water partition coefficient (Wildman–Crippen LogP) is 4.56. The van der Waals surface area contributed by atoms with Crippen LogP contribution in [0.1, 0.15) is 28.1 Å².